The molecule has 4 heteroatoms. The second-order valence-electron chi connectivity index (χ2n) is 5.34. The highest BCUT2D eigenvalue weighted by Gasteiger charge is 2.13. The van der Waals surface area contributed by atoms with Gasteiger partial charge >= 0.3 is 0 Å². The molecule has 0 radical (unpaired) electrons. The number of rotatable bonds is 6. The number of nitrogens with one attached hydrogen (secondary N) is 1. The van der Waals surface area contributed by atoms with Gasteiger partial charge in [0.05, 0.1) is 0 Å². The molecule has 112 valence electrons. The molecule has 21 heavy (non-hydrogen) atoms. The lowest BCUT2D eigenvalue weighted by Gasteiger charge is -2.23. The maximum atomic E-state index is 13.8. The second kappa shape index (κ2) is 7.69. The van der Waals surface area contributed by atoms with E-state index in [-0.39, 0.29) is 11.9 Å². The first-order valence-electron chi connectivity index (χ1n) is 6.93. The van der Waals surface area contributed by atoms with Crippen LogP contribution in [-0.4, -0.2) is 25.5 Å². The quantitative estimate of drug-likeness (QED) is 0.847. The van der Waals surface area contributed by atoms with Crippen molar-refractivity contribution < 1.29 is 4.39 Å². The monoisotopic (exact) mass is 350 g/mol. The number of hydrogen-bond donors (Lipinski definition) is 1. The zero-order chi connectivity index (χ0) is 15.2. The van der Waals surface area contributed by atoms with E-state index in [0.29, 0.717) is 12.1 Å². The fourth-order valence-electron chi connectivity index (χ4n) is 2.25. The maximum Gasteiger partial charge on any atom is 0.127 e. The molecule has 2 aromatic rings. The Labute approximate surface area is 134 Å². The van der Waals surface area contributed by atoms with Crippen LogP contribution in [-0.2, 0) is 6.54 Å². The Morgan fingerprint density at radius 3 is 2.52 bits per heavy atom. The highest BCUT2D eigenvalue weighted by Crippen LogP contribution is 2.18. The SMILES string of the molecule is CN(C)CC(NCc1cc(Br)ccc1F)c1ccccc1. The highest BCUT2D eigenvalue weighted by atomic mass is 79.9. The van der Waals surface area contributed by atoms with E-state index in [4.69, 9.17) is 0 Å². The van der Waals surface area contributed by atoms with E-state index >= 15 is 0 Å². The van der Waals surface area contributed by atoms with E-state index in [0.717, 1.165) is 11.0 Å². The van der Waals surface area contributed by atoms with Crippen LogP contribution in [0.3, 0.4) is 0 Å². The maximum absolute atomic E-state index is 13.8. The van der Waals surface area contributed by atoms with E-state index in [2.05, 4.69) is 38.3 Å². The predicted molar refractivity (Wildman–Crippen MR) is 88.7 cm³/mol. The van der Waals surface area contributed by atoms with Crippen LogP contribution in [0.25, 0.3) is 0 Å². The molecular formula is C17H20BrFN2. The van der Waals surface area contributed by atoms with Crippen molar-refractivity contribution in [2.24, 2.45) is 0 Å². The Hall–Kier alpha value is -1.23. The van der Waals surface area contributed by atoms with E-state index < -0.39 is 0 Å². The van der Waals surface area contributed by atoms with Crippen molar-refractivity contribution in [2.45, 2.75) is 12.6 Å². The van der Waals surface area contributed by atoms with Crippen LogP contribution in [0.1, 0.15) is 17.2 Å². The summed E-state index contributed by atoms with van der Waals surface area (Å²) in [6.07, 6.45) is 0. The molecule has 1 unspecified atom stereocenters. The van der Waals surface area contributed by atoms with Gasteiger partial charge in [-0.1, -0.05) is 46.3 Å². The summed E-state index contributed by atoms with van der Waals surface area (Å²) in [4.78, 5) is 2.13. The summed E-state index contributed by atoms with van der Waals surface area (Å²) >= 11 is 3.39. The van der Waals surface area contributed by atoms with Gasteiger partial charge in [-0.05, 0) is 37.9 Å². The Kier molecular flexibility index (Phi) is 5.91. The third kappa shape index (κ3) is 4.92. The molecule has 2 aromatic carbocycles. The lowest BCUT2D eigenvalue weighted by Crippen LogP contribution is -2.31. The molecule has 1 atom stereocenters. The Morgan fingerprint density at radius 2 is 1.86 bits per heavy atom. The minimum absolute atomic E-state index is 0.166. The topological polar surface area (TPSA) is 15.3 Å². The van der Waals surface area contributed by atoms with Gasteiger partial charge in [0, 0.05) is 29.2 Å². The molecule has 0 amide bonds. The van der Waals surface area contributed by atoms with Crippen LogP contribution < -0.4 is 5.32 Å². The molecule has 2 nitrogen and oxygen atoms in total. The fraction of sp³-hybridized carbons (Fsp3) is 0.294. The molecule has 0 aliphatic carbocycles. The average Bonchev–Trinajstić information content (AvgIpc) is 2.47. The smallest absolute Gasteiger partial charge is 0.127 e. The Morgan fingerprint density at radius 1 is 1.14 bits per heavy atom. The molecule has 1 N–H and O–H groups in total. The second-order valence-corrected chi connectivity index (χ2v) is 6.26. The Balaban J connectivity index is 2.10. The van der Waals surface area contributed by atoms with Gasteiger partial charge in [0.1, 0.15) is 5.82 Å². The van der Waals surface area contributed by atoms with Crippen molar-refractivity contribution in [3.05, 3.63) is 69.9 Å². The fourth-order valence-corrected chi connectivity index (χ4v) is 2.66. The summed E-state index contributed by atoms with van der Waals surface area (Å²) < 4.78 is 14.7. The van der Waals surface area contributed by atoms with Gasteiger partial charge in [0.25, 0.3) is 0 Å². The van der Waals surface area contributed by atoms with Crippen LogP contribution in [0, 0.1) is 5.82 Å². The standard InChI is InChI=1S/C17H20BrFN2/c1-21(2)12-17(13-6-4-3-5-7-13)20-11-14-10-15(18)8-9-16(14)19/h3-10,17,20H,11-12H2,1-2H3. The van der Waals surface area contributed by atoms with Crippen LogP contribution >= 0.6 is 15.9 Å². The molecule has 0 spiro atoms. The summed E-state index contributed by atoms with van der Waals surface area (Å²) in [7, 11) is 4.08. The number of likely N-dealkylation sites (N-methyl/N-ethyl adjacent to an activating group) is 1. The third-order valence-electron chi connectivity index (χ3n) is 3.30. The summed E-state index contributed by atoms with van der Waals surface area (Å²) in [6, 6.07) is 15.4. The number of hydrogen-bond acceptors (Lipinski definition) is 2. The molecule has 0 aliphatic heterocycles. The third-order valence-corrected chi connectivity index (χ3v) is 3.79. The normalized spacial score (nSPS) is 12.6. The summed E-state index contributed by atoms with van der Waals surface area (Å²) in [5.41, 5.74) is 1.88. The predicted octanol–water partition coefficient (Wildman–Crippen LogP) is 3.98. The van der Waals surface area contributed by atoms with Crippen molar-refractivity contribution in [1.29, 1.82) is 0 Å². The zero-order valence-electron chi connectivity index (χ0n) is 12.3. The van der Waals surface area contributed by atoms with E-state index in [9.17, 15) is 4.39 Å². The van der Waals surface area contributed by atoms with E-state index in [1.54, 1.807) is 6.07 Å². The molecular weight excluding hydrogens is 331 g/mol. The molecule has 0 saturated heterocycles. The lowest BCUT2D eigenvalue weighted by molar-refractivity contribution is 0.339. The van der Waals surface area contributed by atoms with Crippen LogP contribution in [0.2, 0.25) is 0 Å². The summed E-state index contributed by atoms with van der Waals surface area (Å²) in [5.74, 6) is -0.178. The molecule has 0 fully saturated rings. The molecule has 2 rings (SSSR count). The van der Waals surface area contributed by atoms with Gasteiger partial charge in [-0.25, -0.2) is 4.39 Å². The van der Waals surface area contributed by atoms with Crippen molar-refractivity contribution >= 4 is 15.9 Å². The zero-order valence-corrected chi connectivity index (χ0v) is 13.9. The first-order chi connectivity index (χ1) is 10.1. The summed E-state index contributed by atoms with van der Waals surface area (Å²) in [6.45, 7) is 1.36. The van der Waals surface area contributed by atoms with Gasteiger partial charge in [-0.3, -0.25) is 0 Å². The van der Waals surface area contributed by atoms with Gasteiger partial charge < -0.3 is 10.2 Å². The molecule has 0 heterocycles. The van der Waals surface area contributed by atoms with Crippen molar-refractivity contribution in [1.82, 2.24) is 10.2 Å². The van der Waals surface area contributed by atoms with Crippen molar-refractivity contribution in [3.63, 3.8) is 0 Å². The largest absolute Gasteiger partial charge is 0.308 e. The Bertz CT molecular complexity index is 572. The molecule has 0 aliphatic rings. The van der Waals surface area contributed by atoms with Crippen LogP contribution in [0.15, 0.2) is 53.0 Å². The van der Waals surface area contributed by atoms with Crippen LogP contribution in [0.5, 0.6) is 0 Å². The minimum Gasteiger partial charge on any atom is -0.308 e. The van der Waals surface area contributed by atoms with Gasteiger partial charge in [-0.2, -0.15) is 0 Å². The molecule has 0 bridgehead atoms. The van der Waals surface area contributed by atoms with E-state index in [1.165, 1.54) is 11.6 Å². The average molecular weight is 351 g/mol. The van der Waals surface area contributed by atoms with Crippen molar-refractivity contribution in [2.75, 3.05) is 20.6 Å². The lowest BCUT2D eigenvalue weighted by atomic mass is 10.1. The molecule has 0 aromatic heterocycles. The molecule has 0 saturated carbocycles. The number of nitrogens with zero attached hydrogens (tertiary/aromatic N) is 1. The first kappa shape index (κ1) is 16.1. The first-order valence-corrected chi connectivity index (χ1v) is 7.72. The number of halogens is 2. The minimum atomic E-state index is -0.178. The highest BCUT2D eigenvalue weighted by molar-refractivity contribution is 9.10. The number of benzene rings is 2. The van der Waals surface area contributed by atoms with Gasteiger partial charge in [0.15, 0.2) is 0 Å². The van der Waals surface area contributed by atoms with Crippen molar-refractivity contribution in [3.8, 4) is 0 Å². The van der Waals surface area contributed by atoms with Gasteiger partial charge in [-0.15, -0.1) is 0 Å². The van der Waals surface area contributed by atoms with Gasteiger partial charge in [0.2, 0.25) is 0 Å². The van der Waals surface area contributed by atoms with Crippen LogP contribution in [0.4, 0.5) is 4.39 Å². The summed E-state index contributed by atoms with van der Waals surface area (Å²) in [5, 5.41) is 3.45. The van der Waals surface area contributed by atoms with E-state index in [1.807, 2.05) is 38.4 Å².